The van der Waals surface area contributed by atoms with Gasteiger partial charge in [-0.05, 0) is 109 Å². The summed E-state index contributed by atoms with van der Waals surface area (Å²) in [5.74, 6) is -2.49. The van der Waals surface area contributed by atoms with Crippen molar-refractivity contribution in [2.24, 2.45) is 0 Å². The third kappa shape index (κ3) is 9.05. The van der Waals surface area contributed by atoms with Crippen LogP contribution in [0, 0.1) is 0 Å². The van der Waals surface area contributed by atoms with Crippen molar-refractivity contribution in [3.63, 3.8) is 0 Å². The Hall–Kier alpha value is -7.74. The third-order valence-electron chi connectivity index (χ3n) is 12.2. The van der Waals surface area contributed by atoms with E-state index in [0.29, 0.717) is 59.5 Å². The van der Waals surface area contributed by atoms with E-state index in [1.807, 2.05) is 51.3 Å². The molecule has 1 saturated carbocycles. The van der Waals surface area contributed by atoms with E-state index in [4.69, 9.17) is 9.15 Å². The molecule has 2 heterocycles. The Bertz CT molecular complexity index is 2980. The smallest absolute Gasteiger partial charge is 0.336 e. The Morgan fingerprint density at radius 1 is 0.815 bits per heavy atom. The van der Waals surface area contributed by atoms with Crippen LogP contribution in [0.5, 0.6) is 11.5 Å². The number of unbranched alkanes of at least 4 members (excludes halogenated alkanes) is 1. The number of aromatic carboxylic acids is 1. The lowest BCUT2D eigenvalue weighted by atomic mass is 9.79. The van der Waals surface area contributed by atoms with Gasteiger partial charge in [0, 0.05) is 84.2 Å². The minimum atomic E-state index is -1.26. The average Bonchev–Trinajstić information content (AvgIpc) is 3.28. The summed E-state index contributed by atoms with van der Waals surface area (Å²) in [4.78, 5) is 65.9. The number of fused-ring (bicyclic) bond motifs is 4. The molecule has 5 N–H and O–H groups in total. The van der Waals surface area contributed by atoms with Crippen molar-refractivity contribution in [2.45, 2.75) is 50.7 Å². The number of rotatable bonds is 13. The van der Waals surface area contributed by atoms with Crippen molar-refractivity contribution in [3.05, 3.63) is 141 Å². The second-order valence-corrected chi connectivity index (χ2v) is 16.8. The first-order chi connectivity index (χ1) is 31.2. The summed E-state index contributed by atoms with van der Waals surface area (Å²) < 4.78 is 14.6. The summed E-state index contributed by atoms with van der Waals surface area (Å²) in [5, 5.41) is 36.8. The van der Waals surface area contributed by atoms with E-state index in [1.165, 1.54) is 36.0 Å². The monoisotopic (exact) mass is 877 g/mol. The van der Waals surface area contributed by atoms with Crippen molar-refractivity contribution in [2.75, 3.05) is 39.6 Å². The number of nitrogens with zero attached hydrogens (tertiary/aromatic N) is 2. The van der Waals surface area contributed by atoms with Gasteiger partial charge in [-0.2, -0.15) is 0 Å². The maximum atomic E-state index is 13.6. The molecule has 0 aromatic heterocycles. The molecule has 1 fully saturated rings. The van der Waals surface area contributed by atoms with Gasteiger partial charge in [0.25, 0.3) is 11.8 Å². The Kier molecular flexibility index (Phi) is 12.3. The number of aliphatic carboxylic acids is 1. The van der Waals surface area contributed by atoms with Gasteiger partial charge in [0.05, 0.1) is 12.0 Å². The summed E-state index contributed by atoms with van der Waals surface area (Å²) in [5.41, 5.74) is 7.90. The minimum absolute atomic E-state index is 0.0134. The summed E-state index contributed by atoms with van der Waals surface area (Å²) in [6, 6.07) is 25.3. The second kappa shape index (κ2) is 18.2. The maximum Gasteiger partial charge on any atom is 0.336 e. The van der Waals surface area contributed by atoms with Gasteiger partial charge in [0.15, 0.2) is 11.1 Å². The average molecular weight is 878 g/mol. The number of benzene rings is 5. The van der Waals surface area contributed by atoms with Crippen LogP contribution >= 0.6 is 0 Å². The number of carbonyl (C=O) groups excluding carboxylic acids is 2. The van der Waals surface area contributed by atoms with E-state index >= 15 is 0 Å². The van der Waals surface area contributed by atoms with Gasteiger partial charge >= 0.3 is 11.9 Å². The number of aromatic hydroxyl groups is 1. The maximum absolute atomic E-state index is 13.6. The molecule has 65 heavy (non-hydrogen) atoms. The number of hydrogen-bond donors (Lipinski definition) is 5. The topological polar surface area (TPSA) is 199 Å². The van der Waals surface area contributed by atoms with Crippen molar-refractivity contribution >= 4 is 51.7 Å². The molecular weight excluding hydrogens is 829 g/mol. The zero-order chi connectivity index (χ0) is 46.1. The lowest BCUT2D eigenvalue weighted by Crippen LogP contribution is -2.41. The minimum Gasteiger partial charge on any atom is -0.508 e. The molecule has 2 aliphatic carbocycles. The number of amides is 2. The Morgan fingerprint density at radius 3 is 2.28 bits per heavy atom. The number of hydrogen-bond acceptors (Lipinski definition) is 9. The van der Waals surface area contributed by atoms with Gasteiger partial charge in [0.1, 0.15) is 49.1 Å². The summed E-state index contributed by atoms with van der Waals surface area (Å²) in [6.07, 6.45) is 2.68. The van der Waals surface area contributed by atoms with E-state index in [-0.39, 0.29) is 47.3 Å². The highest BCUT2D eigenvalue weighted by atomic mass is 16.5. The molecule has 2 amide bonds. The molecule has 2 unspecified atom stereocenters. The lowest BCUT2D eigenvalue weighted by Gasteiger charge is -2.35. The van der Waals surface area contributed by atoms with Crippen molar-refractivity contribution in [3.8, 4) is 33.9 Å². The lowest BCUT2D eigenvalue weighted by molar-refractivity contribution is -0.467. The fourth-order valence-electron chi connectivity index (χ4n) is 8.74. The number of nitrogens with one attached hydrogen (secondary N) is 2. The molecule has 2 atom stereocenters. The molecule has 8 rings (SSSR count). The van der Waals surface area contributed by atoms with Crippen molar-refractivity contribution in [1.29, 1.82) is 0 Å². The fourth-order valence-corrected chi connectivity index (χ4v) is 8.74. The van der Waals surface area contributed by atoms with Gasteiger partial charge in [-0.15, -0.1) is 0 Å². The van der Waals surface area contributed by atoms with Gasteiger partial charge in [-0.25, -0.2) is 14.2 Å². The van der Waals surface area contributed by atoms with Crippen LogP contribution in [0.15, 0.2) is 112 Å². The van der Waals surface area contributed by atoms with Crippen molar-refractivity contribution in [1.82, 2.24) is 10.6 Å². The number of carbonyl (C=O) groups is 4. The summed E-state index contributed by atoms with van der Waals surface area (Å²) in [6.45, 7) is 0.249. The van der Waals surface area contributed by atoms with Crippen molar-refractivity contribution < 1.29 is 48.2 Å². The molecule has 0 radical (unpaired) electrons. The molecule has 4 aliphatic rings. The molecular formula is C51H49N4O10+. The van der Waals surface area contributed by atoms with E-state index in [1.54, 1.807) is 48.5 Å². The largest absolute Gasteiger partial charge is 0.508 e. The Balaban J connectivity index is 0.920. The van der Waals surface area contributed by atoms with Gasteiger partial charge in [0.2, 0.25) is 0 Å². The van der Waals surface area contributed by atoms with Gasteiger partial charge in [-0.1, -0.05) is 18.2 Å². The number of carboxylic acids is 2. The highest BCUT2D eigenvalue weighted by Crippen LogP contribution is 2.46. The molecule has 332 valence electrons. The van der Waals surface area contributed by atoms with Crippen LogP contribution in [-0.2, 0) is 4.79 Å². The van der Waals surface area contributed by atoms with Crippen LogP contribution < -0.4 is 25.7 Å². The second-order valence-electron chi connectivity index (χ2n) is 16.8. The van der Waals surface area contributed by atoms with E-state index < -0.39 is 23.9 Å². The normalized spacial score (nSPS) is 14.8. The molecule has 4 aromatic carbocycles. The van der Waals surface area contributed by atoms with Crippen LogP contribution in [0.1, 0.15) is 80.7 Å². The molecule has 0 spiro atoms. The van der Waals surface area contributed by atoms with Crippen LogP contribution in [0.25, 0.3) is 39.0 Å². The van der Waals surface area contributed by atoms with E-state index in [2.05, 4.69) is 15.2 Å². The summed E-state index contributed by atoms with van der Waals surface area (Å²) in [7, 11) is 7.88. The number of carboxylic acid groups (broad SMARTS) is 2. The number of phenolic OH excluding ortho intramolecular Hbond substituents is 1. The van der Waals surface area contributed by atoms with E-state index in [0.717, 1.165) is 45.3 Å². The van der Waals surface area contributed by atoms with Gasteiger partial charge < -0.3 is 40.0 Å². The van der Waals surface area contributed by atoms with Crippen LogP contribution in [0.2, 0.25) is 0 Å². The number of ether oxygens (including phenoxy) is 1. The Labute approximate surface area is 374 Å². The molecule has 2 aliphatic heterocycles. The van der Waals surface area contributed by atoms with Crippen LogP contribution in [0.3, 0.4) is 0 Å². The molecule has 4 aromatic rings. The quantitative estimate of drug-likeness (QED) is 0.0444. The summed E-state index contributed by atoms with van der Waals surface area (Å²) >= 11 is 0. The Morgan fingerprint density at radius 2 is 1.55 bits per heavy atom. The molecule has 14 heteroatoms. The standard InChI is InChI=1S/C51H48N4O10/c1-54(2)31-13-18-38-42(24-31)64-43-25-32(55(3)4)14-19-39(43)47(38)35-17-12-30(23-40(35)50(60)61)49(59)53-41(51(62)63)7-5-6-22-52-48(58)29-10-8-28(9-11-29)46-36-20-15-33(56)26-44(36)65-45-27-34(57)16-21-37(45)46/h8-13,15-18,20-21,23-24,26-27,41,43H,5-7,14,19,22,25H2,1-4H3,(H4-,52,53,56,57,58,59,60,61,62,63)/p+1. The predicted molar refractivity (Wildman–Crippen MR) is 247 cm³/mol. The first-order valence-electron chi connectivity index (χ1n) is 21.4. The first kappa shape index (κ1) is 43.9. The highest BCUT2D eigenvalue weighted by molar-refractivity contribution is 6.05. The van der Waals surface area contributed by atoms with Crippen LogP contribution in [-0.4, -0.2) is 96.2 Å². The number of phenols is 1. The van der Waals surface area contributed by atoms with Crippen LogP contribution in [0.4, 0.5) is 5.69 Å². The van der Waals surface area contributed by atoms with Gasteiger partial charge in [-0.3, -0.25) is 14.4 Å². The zero-order valence-corrected chi connectivity index (χ0v) is 36.4. The molecule has 14 nitrogen and oxygen atoms in total. The highest BCUT2D eigenvalue weighted by Gasteiger charge is 2.37. The SMILES string of the molecule is CN(C)c1ccc2c(c1)OC1CC(=[N+](C)C)CCC1=C2c1ccc(C(=O)NC(CCCCNC(=O)c2ccc(-c3c4ccc(=O)cc-4oc4cc(O)ccc34)cc2)C(=O)O)cc1C(=O)O. The van der Waals surface area contributed by atoms with E-state index in [9.17, 15) is 39.3 Å². The molecule has 0 bridgehead atoms. The number of anilines is 1. The predicted octanol–water partition coefficient (Wildman–Crippen LogP) is 7.28. The molecule has 0 saturated heterocycles. The zero-order valence-electron chi connectivity index (χ0n) is 36.4. The first-order valence-corrected chi connectivity index (χ1v) is 21.4. The third-order valence-corrected chi connectivity index (χ3v) is 12.2. The fraction of sp³-hybridized carbons (Fsp3) is 0.255.